The predicted molar refractivity (Wildman–Crippen MR) is 69.8 cm³/mol. The highest BCUT2D eigenvalue weighted by atomic mass is 79.9. The summed E-state index contributed by atoms with van der Waals surface area (Å²) in [7, 11) is 0. The predicted octanol–water partition coefficient (Wildman–Crippen LogP) is 4.13. The molecule has 82 valence electrons. The van der Waals surface area contributed by atoms with Crippen molar-refractivity contribution in [2.45, 2.75) is 6.92 Å². The Morgan fingerprint density at radius 1 is 1.06 bits per heavy atom. The van der Waals surface area contributed by atoms with E-state index in [0.717, 1.165) is 27.2 Å². The number of halogens is 1. The number of nitrogens with two attached hydrogens (primary N) is 1. The van der Waals surface area contributed by atoms with Gasteiger partial charge >= 0.3 is 0 Å². The summed E-state index contributed by atoms with van der Waals surface area (Å²) in [6.07, 6.45) is 0. The maximum Gasteiger partial charge on any atom is 0.130 e. The molecule has 2 N–H and O–H groups in total. The first kappa shape index (κ1) is 11.0. The fourth-order valence-corrected chi connectivity index (χ4v) is 1.87. The van der Waals surface area contributed by atoms with Crippen LogP contribution in [0, 0.1) is 6.92 Å². The number of benzene rings is 2. The number of rotatable bonds is 2. The minimum absolute atomic E-state index is 0.736. The summed E-state index contributed by atoms with van der Waals surface area (Å²) in [5, 5.41) is 0. The highest BCUT2D eigenvalue weighted by molar-refractivity contribution is 9.10. The van der Waals surface area contributed by atoms with Crippen molar-refractivity contribution in [1.29, 1.82) is 0 Å². The Bertz CT molecular complexity index is 494. The number of nitrogen functional groups attached to an aromatic ring is 1. The van der Waals surface area contributed by atoms with E-state index in [0.29, 0.717) is 0 Å². The molecule has 0 radical (unpaired) electrons. The first-order chi connectivity index (χ1) is 7.65. The van der Waals surface area contributed by atoms with Gasteiger partial charge in [-0.3, -0.25) is 0 Å². The first-order valence-corrected chi connectivity index (χ1v) is 5.74. The van der Waals surface area contributed by atoms with Gasteiger partial charge in [-0.05, 0) is 55.0 Å². The third-order valence-corrected chi connectivity index (χ3v) is 2.74. The lowest BCUT2D eigenvalue weighted by Crippen LogP contribution is -1.88. The SMILES string of the molecule is Cc1cc(Br)ccc1Oc1ccc(N)cc1. The molecule has 0 aliphatic rings. The molecule has 0 aliphatic carbocycles. The average Bonchev–Trinajstić information content (AvgIpc) is 2.25. The summed E-state index contributed by atoms with van der Waals surface area (Å²) < 4.78 is 6.79. The summed E-state index contributed by atoms with van der Waals surface area (Å²) in [5.41, 5.74) is 7.43. The van der Waals surface area contributed by atoms with Gasteiger partial charge in [0, 0.05) is 10.2 Å². The molecule has 0 heterocycles. The molecule has 0 unspecified atom stereocenters. The molecule has 0 aromatic heterocycles. The molecule has 2 nitrogen and oxygen atoms in total. The molecule has 0 saturated carbocycles. The normalized spacial score (nSPS) is 10.1. The Hall–Kier alpha value is -1.48. The van der Waals surface area contributed by atoms with Crippen molar-refractivity contribution in [3.8, 4) is 11.5 Å². The highest BCUT2D eigenvalue weighted by Crippen LogP contribution is 2.27. The largest absolute Gasteiger partial charge is 0.457 e. The van der Waals surface area contributed by atoms with E-state index in [4.69, 9.17) is 10.5 Å². The molecule has 0 aliphatic heterocycles. The summed E-state index contributed by atoms with van der Waals surface area (Å²) in [5.74, 6) is 1.65. The smallest absolute Gasteiger partial charge is 0.130 e. The zero-order valence-corrected chi connectivity index (χ0v) is 10.5. The van der Waals surface area contributed by atoms with Crippen molar-refractivity contribution in [3.63, 3.8) is 0 Å². The minimum Gasteiger partial charge on any atom is -0.457 e. The van der Waals surface area contributed by atoms with Crippen LogP contribution >= 0.6 is 15.9 Å². The molecular formula is C13H12BrNO. The fraction of sp³-hybridized carbons (Fsp3) is 0.0769. The van der Waals surface area contributed by atoms with Gasteiger partial charge in [-0.2, -0.15) is 0 Å². The lowest BCUT2D eigenvalue weighted by Gasteiger charge is -2.08. The topological polar surface area (TPSA) is 35.2 Å². The zero-order valence-electron chi connectivity index (χ0n) is 8.91. The maximum absolute atomic E-state index is 5.74. The lowest BCUT2D eigenvalue weighted by molar-refractivity contribution is 0.479. The zero-order chi connectivity index (χ0) is 11.5. The molecule has 0 amide bonds. The van der Waals surface area contributed by atoms with Gasteiger partial charge in [0.25, 0.3) is 0 Å². The minimum atomic E-state index is 0.736. The monoisotopic (exact) mass is 277 g/mol. The Morgan fingerprint density at radius 3 is 2.38 bits per heavy atom. The van der Waals surface area contributed by atoms with Crippen LogP contribution in [0.2, 0.25) is 0 Å². The highest BCUT2D eigenvalue weighted by Gasteiger charge is 2.01. The van der Waals surface area contributed by atoms with E-state index in [2.05, 4.69) is 15.9 Å². The van der Waals surface area contributed by atoms with Crippen LogP contribution in [0.5, 0.6) is 11.5 Å². The van der Waals surface area contributed by atoms with Gasteiger partial charge in [0.1, 0.15) is 11.5 Å². The molecule has 0 bridgehead atoms. The van der Waals surface area contributed by atoms with E-state index in [9.17, 15) is 0 Å². The van der Waals surface area contributed by atoms with Gasteiger partial charge in [0.05, 0.1) is 0 Å². The number of hydrogen-bond acceptors (Lipinski definition) is 2. The van der Waals surface area contributed by atoms with Crippen LogP contribution in [0.15, 0.2) is 46.9 Å². The second kappa shape index (κ2) is 4.58. The molecular weight excluding hydrogens is 266 g/mol. The summed E-state index contributed by atoms with van der Waals surface area (Å²) >= 11 is 3.42. The molecule has 3 heteroatoms. The Kier molecular flexibility index (Phi) is 3.15. The molecule has 0 spiro atoms. The van der Waals surface area contributed by atoms with Crippen LogP contribution < -0.4 is 10.5 Å². The van der Waals surface area contributed by atoms with E-state index < -0.39 is 0 Å². The molecule has 2 aromatic rings. The van der Waals surface area contributed by atoms with Gasteiger partial charge in [0.2, 0.25) is 0 Å². The summed E-state index contributed by atoms with van der Waals surface area (Å²) in [6, 6.07) is 13.3. The van der Waals surface area contributed by atoms with Gasteiger partial charge in [-0.15, -0.1) is 0 Å². The second-order valence-corrected chi connectivity index (χ2v) is 4.50. The van der Waals surface area contributed by atoms with Crippen molar-refractivity contribution < 1.29 is 4.74 Å². The molecule has 0 fully saturated rings. The summed E-state index contributed by atoms with van der Waals surface area (Å²) in [6.45, 7) is 2.01. The van der Waals surface area contributed by atoms with Gasteiger partial charge in [0.15, 0.2) is 0 Å². The van der Waals surface area contributed by atoms with Crippen molar-refractivity contribution in [2.75, 3.05) is 5.73 Å². The van der Waals surface area contributed by atoms with Crippen molar-refractivity contribution in [2.24, 2.45) is 0 Å². The molecule has 2 aromatic carbocycles. The van der Waals surface area contributed by atoms with Crippen molar-refractivity contribution in [1.82, 2.24) is 0 Å². The van der Waals surface area contributed by atoms with E-state index in [1.54, 1.807) is 0 Å². The van der Waals surface area contributed by atoms with Crippen LogP contribution in [0.25, 0.3) is 0 Å². The van der Waals surface area contributed by atoms with Gasteiger partial charge in [-0.1, -0.05) is 15.9 Å². The van der Waals surface area contributed by atoms with Crippen LogP contribution in [0.4, 0.5) is 5.69 Å². The Morgan fingerprint density at radius 2 is 1.75 bits per heavy atom. The molecule has 0 atom stereocenters. The van der Waals surface area contributed by atoms with Crippen LogP contribution in [0.1, 0.15) is 5.56 Å². The third kappa shape index (κ3) is 2.55. The molecule has 16 heavy (non-hydrogen) atoms. The summed E-state index contributed by atoms with van der Waals surface area (Å²) in [4.78, 5) is 0. The van der Waals surface area contributed by atoms with E-state index >= 15 is 0 Å². The maximum atomic E-state index is 5.74. The second-order valence-electron chi connectivity index (χ2n) is 3.58. The van der Waals surface area contributed by atoms with Crippen molar-refractivity contribution in [3.05, 3.63) is 52.5 Å². The Labute approximate surface area is 103 Å². The van der Waals surface area contributed by atoms with Gasteiger partial charge < -0.3 is 10.5 Å². The van der Waals surface area contributed by atoms with E-state index in [1.807, 2.05) is 49.4 Å². The third-order valence-electron chi connectivity index (χ3n) is 2.24. The Balaban J connectivity index is 2.23. The van der Waals surface area contributed by atoms with Crippen LogP contribution in [0.3, 0.4) is 0 Å². The van der Waals surface area contributed by atoms with Crippen molar-refractivity contribution >= 4 is 21.6 Å². The van der Waals surface area contributed by atoms with Crippen LogP contribution in [-0.4, -0.2) is 0 Å². The van der Waals surface area contributed by atoms with Gasteiger partial charge in [-0.25, -0.2) is 0 Å². The molecule has 2 rings (SSSR count). The number of ether oxygens (including phenoxy) is 1. The number of hydrogen-bond donors (Lipinski definition) is 1. The fourth-order valence-electron chi connectivity index (χ4n) is 1.39. The number of aryl methyl sites for hydroxylation is 1. The van der Waals surface area contributed by atoms with Crippen LogP contribution in [-0.2, 0) is 0 Å². The standard InChI is InChI=1S/C13H12BrNO/c1-9-8-10(14)2-7-13(9)16-12-5-3-11(15)4-6-12/h2-8H,15H2,1H3. The average molecular weight is 278 g/mol. The quantitative estimate of drug-likeness (QED) is 0.838. The lowest BCUT2D eigenvalue weighted by atomic mass is 10.2. The molecule has 0 saturated heterocycles. The number of anilines is 1. The first-order valence-electron chi connectivity index (χ1n) is 4.95. The van der Waals surface area contributed by atoms with E-state index in [1.165, 1.54) is 0 Å². The van der Waals surface area contributed by atoms with E-state index in [-0.39, 0.29) is 0 Å².